The van der Waals surface area contributed by atoms with Crippen molar-refractivity contribution in [2.45, 2.75) is 44.8 Å². The van der Waals surface area contributed by atoms with E-state index in [2.05, 4.69) is 29.6 Å². The van der Waals surface area contributed by atoms with Crippen molar-refractivity contribution < 1.29 is 29.3 Å². The number of carbonyl (C=O) groups excluding carboxylic acids is 2. The van der Waals surface area contributed by atoms with Crippen molar-refractivity contribution in [2.24, 2.45) is 11.8 Å². The van der Waals surface area contributed by atoms with E-state index in [4.69, 9.17) is 4.74 Å². The van der Waals surface area contributed by atoms with Gasteiger partial charge < -0.3 is 25.2 Å². The maximum atomic E-state index is 12.8. The van der Waals surface area contributed by atoms with Gasteiger partial charge >= 0.3 is 12.1 Å². The van der Waals surface area contributed by atoms with Gasteiger partial charge in [0.1, 0.15) is 12.6 Å². The first-order valence-corrected chi connectivity index (χ1v) is 12.1. The number of aliphatic hydroxyl groups is 1. The molecule has 8 heteroatoms. The molecule has 1 saturated heterocycles. The number of ether oxygens (including phenoxy) is 1. The zero-order valence-electron chi connectivity index (χ0n) is 20.0. The molecule has 8 nitrogen and oxygen atoms in total. The number of amides is 2. The van der Waals surface area contributed by atoms with Gasteiger partial charge in [-0.3, -0.25) is 4.79 Å². The molecule has 2 aromatic rings. The molecule has 3 N–H and O–H groups in total. The molecule has 0 radical (unpaired) electrons. The number of fused-ring (bicyclic) bond motifs is 3. The second kappa shape index (κ2) is 10.5. The van der Waals surface area contributed by atoms with E-state index in [1.165, 1.54) is 4.90 Å². The first kappa shape index (κ1) is 24.7. The highest BCUT2D eigenvalue weighted by atomic mass is 16.5. The summed E-state index contributed by atoms with van der Waals surface area (Å²) in [5.74, 6) is -1.61. The van der Waals surface area contributed by atoms with Crippen molar-refractivity contribution in [1.29, 1.82) is 0 Å². The van der Waals surface area contributed by atoms with Crippen molar-refractivity contribution in [1.82, 2.24) is 10.2 Å². The molecule has 1 aliphatic carbocycles. The van der Waals surface area contributed by atoms with Gasteiger partial charge in [0.2, 0.25) is 5.91 Å². The summed E-state index contributed by atoms with van der Waals surface area (Å²) < 4.78 is 5.58. The predicted octanol–water partition coefficient (Wildman–Crippen LogP) is 3.23. The van der Waals surface area contributed by atoms with E-state index in [0.29, 0.717) is 0 Å². The standard InChI is InChI=1S/C27H32N2O6/c1-16(2)17(11-25(31)29-14-18(30)12-24(29)26(32)33)13-28-27(34)35-15-23-21-9-5-3-7-19(21)20-8-4-6-10-22(20)23/h3-10,16-18,23-24,30H,11-15H2,1-2H3,(H,28,34)(H,32,33)/t17?,18?,24-/m0/s1. The number of aliphatic carboxylic acids is 1. The molecule has 0 spiro atoms. The fraction of sp³-hybridized carbons (Fsp3) is 0.444. The maximum Gasteiger partial charge on any atom is 0.407 e. The average Bonchev–Trinajstić information content (AvgIpc) is 3.38. The number of carboxylic acids is 1. The van der Waals surface area contributed by atoms with Crippen LogP contribution in [0.4, 0.5) is 4.79 Å². The largest absolute Gasteiger partial charge is 0.480 e. The molecule has 2 unspecified atom stereocenters. The van der Waals surface area contributed by atoms with E-state index < -0.39 is 24.2 Å². The maximum absolute atomic E-state index is 12.8. The minimum Gasteiger partial charge on any atom is -0.480 e. The minimum atomic E-state index is -1.12. The second-order valence-electron chi connectivity index (χ2n) is 9.70. The molecule has 2 aromatic carbocycles. The van der Waals surface area contributed by atoms with Crippen LogP contribution in [0.2, 0.25) is 0 Å². The highest BCUT2D eigenvalue weighted by molar-refractivity contribution is 5.84. The number of hydrogen-bond acceptors (Lipinski definition) is 5. The number of carboxylic acid groups (broad SMARTS) is 1. The van der Waals surface area contributed by atoms with Crippen LogP contribution in [-0.4, -0.2) is 64.9 Å². The molecule has 2 amide bonds. The summed E-state index contributed by atoms with van der Waals surface area (Å²) in [5.41, 5.74) is 4.57. The number of benzene rings is 2. The van der Waals surface area contributed by atoms with Crippen LogP contribution in [0.1, 0.15) is 43.7 Å². The molecule has 35 heavy (non-hydrogen) atoms. The van der Waals surface area contributed by atoms with Crippen LogP contribution < -0.4 is 5.32 Å². The summed E-state index contributed by atoms with van der Waals surface area (Å²) in [6.07, 6.45) is -1.27. The van der Waals surface area contributed by atoms with Crippen molar-refractivity contribution in [2.75, 3.05) is 19.7 Å². The van der Waals surface area contributed by atoms with Gasteiger partial charge in [-0.05, 0) is 34.1 Å². The SMILES string of the molecule is CC(C)C(CNC(=O)OCC1c2ccccc2-c2ccccc21)CC(=O)N1CC(O)C[C@H]1C(=O)O. The topological polar surface area (TPSA) is 116 Å². The minimum absolute atomic E-state index is 0.0143. The molecule has 3 atom stereocenters. The van der Waals surface area contributed by atoms with Crippen LogP contribution in [-0.2, 0) is 14.3 Å². The Hall–Kier alpha value is -3.39. The van der Waals surface area contributed by atoms with E-state index >= 15 is 0 Å². The molecule has 2 aliphatic rings. The van der Waals surface area contributed by atoms with Gasteiger partial charge in [0.25, 0.3) is 0 Å². The van der Waals surface area contributed by atoms with Crippen LogP contribution in [0.25, 0.3) is 11.1 Å². The molecule has 186 valence electrons. The zero-order chi connectivity index (χ0) is 25.1. The van der Waals surface area contributed by atoms with Gasteiger partial charge in [-0.15, -0.1) is 0 Å². The predicted molar refractivity (Wildman–Crippen MR) is 130 cm³/mol. The Morgan fingerprint density at radius 2 is 1.66 bits per heavy atom. The zero-order valence-corrected chi connectivity index (χ0v) is 20.0. The molecular weight excluding hydrogens is 448 g/mol. The summed E-state index contributed by atoms with van der Waals surface area (Å²) in [6, 6.07) is 15.2. The monoisotopic (exact) mass is 480 g/mol. The summed E-state index contributed by atoms with van der Waals surface area (Å²) in [4.78, 5) is 38.0. The second-order valence-corrected chi connectivity index (χ2v) is 9.70. The van der Waals surface area contributed by atoms with E-state index in [-0.39, 0.29) is 56.2 Å². The third kappa shape index (κ3) is 5.32. The van der Waals surface area contributed by atoms with Crippen molar-refractivity contribution in [3.63, 3.8) is 0 Å². The number of carbonyl (C=O) groups is 3. The number of nitrogens with one attached hydrogen (secondary N) is 1. The third-order valence-electron chi connectivity index (χ3n) is 7.12. The Bertz CT molecular complexity index is 1060. The first-order chi connectivity index (χ1) is 16.8. The fourth-order valence-corrected chi connectivity index (χ4v) is 5.07. The normalized spacial score (nSPS) is 19.8. The highest BCUT2D eigenvalue weighted by Crippen LogP contribution is 2.44. The molecule has 0 aromatic heterocycles. The summed E-state index contributed by atoms with van der Waals surface area (Å²) >= 11 is 0. The van der Waals surface area contributed by atoms with Crippen LogP contribution >= 0.6 is 0 Å². The Balaban J connectivity index is 1.33. The number of aliphatic hydroxyl groups excluding tert-OH is 1. The highest BCUT2D eigenvalue weighted by Gasteiger charge is 2.39. The number of likely N-dealkylation sites (tertiary alicyclic amines) is 1. The smallest absolute Gasteiger partial charge is 0.407 e. The van der Waals surface area contributed by atoms with Crippen LogP contribution in [0.5, 0.6) is 0 Å². The molecule has 1 aliphatic heterocycles. The number of hydrogen-bond donors (Lipinski definition) is 3. The summed E-state index contributed by atoms with van der Waals surface area (Å²) in [6.45, 7) is 4.35. The molecular formula is C27H32N2O6. The van der Waals surface area contributed by atoms with E-state index in [0.717, 1.165) is 22.3 Å². The molecule has 4 rings (SSSR count). The van der Waals surface area contributed by atoms with Gasteiger partial charge in [0.05, 0.1) is 6.10 Å². The Kier molecular flexibility index (Phi) is 7.40. The lowest BCUT2D eigenvalue weighted by molar-refractivity contribution is -0.148. The fourth-order valence-electron chi connectivity index (χ4n) is 5.07. The molecule has 1 fully saturated rings. The quantitative estimate of drug-likeness (QED) is 0.534. The van der Waals surface area contributed by atoms with Crippen molar-refractivity contribution in [3.05, 3.63) is 59.7 Å². The van der Waals surface area contributed by atoms with Crippen molar-refractivity contribution >= 4 is 18.0 Å². The lowest BCUT2D eigenvalue weighted by Gasteiger charge is -2.26. The van der Waals surface area contributed by atoms with Crippen LogP contribution in [0, 0.1) is 11.8 Å². The van der Waals surface area contributed by atoms with Gasteiger partial charge in [-0.1, -0.05) is 62.4 Å². The van der Waals surface area contributed by atoms with Crippen LogP contribution in [0.15, 0.2) is 48.5 Å². The van der Waals surface area contributed by atoms with E-state index in [9.17, 15) is 24.6 Å². The van der Waals surface area contributed by atoms with E-state index in [1.54, 1.807) is 0 Å². The van der Waals surface area contributed by atoms with Gasteiger partial charge in [0.15, 0.2) is 0 Å². The Morgan fingerprint density at radius 3 is 2.23 bits per heavy atom. The number of β-amino-alcohol motifs (C(OH)–C–C–N with tert-alkyl or cyclic N) is 1. The average molecular weight is 481 g/mol. The third-order valence-corrected chi connectivity index (χ3v) is 7.12. The van der Waals surface area contributed by atoms with Crippen LogP contribution in [0.3, 0.4) is 0 Å². The van der Waals surface area contributed by atoms with Gasteiger partial charge in [-0.2, -0.15) is 0 Å². The molecule has 0 bridgehead atoms. The van der Waals surface area contributed by atoms with Gasteiger partial charge in [0, 0.05) is 31.8 Å². The Labute approximate surface area is 204 Å². The summed E-state index contributed by atoms with van der Waals surface area (Å²) in [7, 11) is 0. The molecule has 0 saturated carbocycles. The number of alkyl carbamates (subject to hydrolysis) is 1. The first-order valence-electron chi connectivity index (χ1n) is 12.1. The Morgan fingerprint density at radius 1 is 1.06 bits per heavy atom. The lowest BCUT2D eigenvalue weighted by atomic mass is 9.91. The number of rotatable bonds is 8. The summed E-state index contributed by atoms with van der Waals surface area (Å²) in [5, 5.41) is 22.0. The van der Waals surface area contributed by atoms with Gasteiger partial charge in [-0.25, -0.2) is 9.59 Å². The number of nitrogens with zero attached hydrogens (tertiary/aromatic N) is 1. The molecule has 1 heterocycles. The lowest BCUT2D eigenvalue weighted by Crippen LogP contribution is -2.43. The van der Waals surface area contributed by atoms with E-state index in [1.807, 2.05) is 38.1 Å². The van der Waals surface area contributed by atoms with Crippen molar-refractivity contribution in [3.8, 4) is 11.1 Å².